The molecule has 3 aromatic rings. The summed E-state index contributed by atoms with van der Waals surface area (Å²) in [5.74, 6) is 1.28. The number of methoxy groups -OCH3 is 1. The normalized spacial score (nSPS) is 16.2. The van der Waals surface area contributed by atoms with E-state index in [0.29, 0.717) is 18.0 Å². The Hall–Kier alpha value is -3.35. The maximum Gasteiger partial charge on any atom is 0.255 e. The SMILES string of the molecule is CCCc1ncc(-c2ccncc2)c([C@H]2CCCCN2C(=O)c2ccc(OC)nc2)n1. The second kappa shape index (κ2) is 9.64. The third kappa shape index (κ3) is 4.55. The Morgan fingerprint density at radius 1 is 1.13 bits per heavy atom. The summed E-state index contributed by atoms with van der Waals surface area (Å²) in [6, 6.07) is 7.31. The zero-order chi connectivity index (χ0) is 21.6. The Morgan fingerprint density at radius 3 is 2.68 bits per heavy atom. The van der Waals surface area contributed by atoms with E-state index in [9.17, 15) is 4.79 Å². The summed E-state index contributed by atoms with van der Waals surface area (Å²) in [6.07, 6.45) is 11.7. The van der Waals surface area contributed by atoms with Gasteiger partial charge in [-0.25, -0.2) is 15.0 Å². The highest BCUT2D eigenvalue weighted by atomic mass is 16.5. The molecule has 3 aromatic heterocycles. The first-order valence-corrected chi connectivity index (χ1v) is 10.8. The lowest BCUT2D eigenvalue weighted by Gasteiger charge is -2.36. The Labute approximate surface area is 182 Å². The number of amides is 1. The monoisotopic (exact) mass is 417 g/mol. The van der Waals surface area contributed by atoms with Crippen molar-refractivity contribution < 1.29 is 9.53 Å². The molecule has 160 valence electrons. The van der Waals surface area contributed by atoms with E-state index in [0.717, 1.165) is 54.7 Å². The predicted molar refractivity (Wildman–Crippen MR) is 118 cm³/mol. The van der Waals surface area contributed by atoms with E-state index < -0.39 is 0 Å². The molecule has 0 N–H and O–H groups in total. The van der Waals surface area contributed by atoms with Crippen LogP contribution in [0, 0.1) is 0 Å². The van der Waals surface area contributed by atoms with E-state index >= 15 is 0 Å². The summed E-state index contributed by atoms with van der Waals surface area (Å²) in [7, 11) is 1.56. The van der Waals surface area contributed by atoms with Gasteiger partial charge in [0, 0.05) is 49.4 Å². The summed E-state index contributed by atoms with van der Waals surface area (Å²) in [5.41, 5.74) is 3.44. The minimum Gasteiger partial charge on any atom is -0.481 e. The van der Waals surface area contributed by atoms with Crippen molar-refractivity contribution in [3.8, 4) is 17.0 Å². The fourth-order valence-electron chi connectivity index (χ4n) is 4.04. The van der Waals surface area contributed by atoms with Crippen molar-refractivity contribution in [3.05, 3.63) is 66.1 Å². The van der Waals surface area contributed by atoms with E-state index in [-0.39, 0.29) is 11.9 Å². The Kier molecular flexibility index (Phi) is 6.50. The Balaban J connectivity index is 1.74. The van der Waals surface area contributed by atoms with Crippen LogP contribution in [-0.4, -0.2) is 44.4 Å². The summed E-state index contributed by atoms with van der Waals surface area (Å²) in [6.45, 7) is 2.81. The number of aryl methyl sites for hydroxylation is 1. The van der Waals surface area contributed by atoms with Crippen LogP contribution in [0.1, 0.15) is 60.5 Å². The summed E-state index contributed by atoms with van der Waals surface area (Å²) < 4.78 is 5.13. The minimum atomic E-state index is -0.106. The lowest BCUT2D eigenvalue weighted by Crippen LogP contribution is -2.39. The number of piperidine rings is 1. The van der Waals surface area contributed by atoms with Gasteiger partial charge in [-0.1, -0.05) is 6.92 Å². The van der Waals surface area contributed by atoms with Gasteiger partial charge in [-0.15, -0.1) is 0 Å². The number of carbonyl (C=O) groups excluding carboxylic acids is 1. The van der Waals surface area contributed by atoms with Crippen molar-refractivity contribution in [2.75, 3.05) is 13.7 Å². The van der Waals surface area contributed by atoms with Gasteiger partial charge < -0.3 is 9.64 Å². The molecule has 1 aliphatic rings. The van der Waals surface area contributed by atoms with Crippen LogP contribution in [0.3, 0.4) is 0 Å². The summed E-state index contributed by atoms with van der Waals surface area (Å²) in [4.78, 5) is 33.3. The number of nitrogens with zero attached hydrogens (tertiary/aromatic N) is 5. The molecular formula is C24H27N5O2. The lowest BCUT2D eigenvalue weighted by atomic mass is 9.93. The zero-order valence-electron chi connectivity index (χ0n) is 18.0. The molecule has 0 saturated carbocycles. The van der Waals surface area contributed by atoms with Crippen LogP contribution < -0.4 is 4.74 Å². The molecule has 4 rings (SSSR count). The molecule has 1 aliphatic heterocycles. The van der Waals surface area contributed by atoms with E-state index in [4.69, 9.17) is 9.72 Å². The van der Waals surface area contributed by atoms with E-state index in [1.165, 1.54) is 0 Å². The van der Waals surface area contributed by atoms with Gasteiger partial charge >= 0.3 is 0 Å². The maximum absolute atomic E-state index is 13.4. The van der Waals surface area contributed by atoms with E-state index in [2.05, 4.69) is 21.9 Å². The third-order valence-electron chi connectivity index (χ3n) is 5.60. The fourth-order valence-corrected chi connectivity index (χ4v) is 4.04. The van der Waals surface area contributed by atoms with E-state index in [1.54, 1.807) is 37.8 Å². The lowest BCUT2D eigenvalue weighted by molar-refractivity contribution is 0.0606. The second-order valence-electron chi connectivity index (χ2n) is 7.67. The van der Waals surface area contributed by atoms with Gasteiger partial charge in [0.1, 0.15) is 5.82 Å². The summed E-state index contributed by atoms with van der Waals surface area (Å²) in [5, 5.41) is 0. The van der Waals surface area contributed by atoms with Gasteiger partial charge in [0.2, 0.25) is 5.88 Å². The molecule has 0 radical (unpaired) electrons. The number of hydrogen-bond acceptors (Lipinski definition) is 6. The molecule has 4 heterocycles. The maximum atomic E-state index is 13.4. The molecule has 0 aromatic carbocycles. The quantitative estimate of drug-likeness (QED) is 0.596. The molecule has 0 bridgehead atoms. The van der Waals surface area contributed by atoms with Crippen LogP contribution in [0.2, 0.25) is 0 Å². The van der Waals surface area contributed by atoms with Crippen molar-refractivity contribution in [2.24, 2.45) is 0 Å². The summed E-state index contributed by atoms with van der Waals surface area (Å²) >= 11 is 0. The molecule has 1 amide bonds. The standard InChI is InChI=1S/C24H27N5O2/c1-3-6-21-26-16-19(17-10-12-25-13-11-17)23(28-21)20-7-4-5-14-29(20)24(30)18-8-9-22(31-2)27-15-18/h8-13,15-16,20H,3-7,14H2,1-2H3/t20-/m1/s1. The Morgan fingerprint density at radius 2 is 1.97 bits per heavy atom. The molecule has 1 saturated heterocycles. The van der Waals surface area contributed by atoms with Crippen LogP contribution in [0.5, 0.6) is 5.88 Å². The number of hydrogen-bond donors (Lipinski definition) is 0. The first-order valence-electron chi connectivity index (χ1n) is 10.8. The van der Waals surface area contributed by atoms with Crippen molar-refractivity contribution in [1.82, 2.24) is 24.8 Å². The highest BCUT2D eigenvalue weighted by Gasteiger charge is 2.32. The highest BCUT2D eigenvalue weighted by Crippen LogP contribution is 2.36. The molecule has 1 fully saturated rings. The number of likely N-dealkylation sites (tertiary alicyclic amines) is 1. The van der Waals surface area contributed by atoms with Gasteiger partial charge in [0.15, 0.2) is 0 Å². The van der Waals surface area contributed by atoms with Crippen LogP contribution >= 0.6 is 0 Å². The third-order valence-corrected chi connectivity index (χ3v) is 5.60. The molecule has 0 spiro atoms. The van der Waals surface area contributed by atoms with Crippen LogP contribution in [0.4, 0.5) is 0 Å². The zero-order valence-corrected chi connectivity index (χ0v) is 18.0. The van der Waals surface area contributed by atoms with Crippen LogP contribution in [0.25, 0.3) is 11.1 Å². The molecular weight excluding hydrogens is 390 g/mol. The molecule has 7 nitrogen and oxygen atoms in total. The largest absolute Gasteiger partial charge is 0.481 e. The number of aromatic nitrogens is 4. The fraction of sp³-hybridized carbons (Fsp3) is 0.375. The number of pyridine rings is 2. The first kappa shape index (κ1) is 20.9. The average molecular weight is 418 g/mol. The van der Waals surface area contributed by atoms with Gasteiger partial charge in [0.05, 0.1) is 24.4 Å². The number of carbonyl (C=O) groups is 1. The van der Waals surface area contributed by atoms with Crippen molar-refractivity contribution in [3.63, 3.8) is 0 Å². The number of rotatable bonds is 6. The predicted octanol–water partition coefficient (Wildman–Crippen LogP) is 4.26. The topological polar surface area (TPSA) is 81.1 Å². The molecule has 31 heavy (non-hydrogen) atoms. The molecule has 0 unspecified atom stereocenters. The van der Waals surface area contributed by atoms with Gasteiger partial charge in [-0.3, -0.25) is 9.78 Å². The van der Waals surface area contributed by atoms with Gasteiger partial charge in [0.25, 0.3) is 5.91 Å². The van der Waals surface area contributed by atoms with Crippen molar-refractivity contribution >= 4 is 5.91 Å². The Bertz CT molecular complexity index is 1020. The van der Waals surface area contributed by atoms with Gasteiger partial charge in [-0.05, 0) is 49.4 Å². The van der Waals surface area contributed by atoms with Crippen molar-refractivity contribution in [1.29, 1.82) is 0 Å². The minimum absolute atomic E-state index is 0.0313. The first-order chi connectivity index (χ1) is 15.2. The van der Waals surface area contributed by atoms with Crippen molar-refractivity contribution in [2.45, 2.75) is 45.1 Å². The van der Waals surface area contributed by atoms with E-state index in [1.807, 2.05) is 23.2 Å². The molecule has 0 aliphatic carbocycles. The smallest absolute Gasteiger partial charge is 0.255 e. The van der Waals surface area contributed by atoms with Gasteiger partial charge in [-0.2, -0.15) is 0 Å². The molecule has 1 atom stereocenters. The highest BCUT2D eigenvalue weighted by molar-refractivity contribution is 5.94. The average Bonchev–Trinajstić information content (AvgIpc) is 2.84. The van der Waals surface area contributed by atoms with Crippen LogP contribution in [-0.2, 0) is 6.42 Å². The molecule has 7 heteroatoms. The second-order valence-corrected chi connectivity index (χ2v) is 7.67. The van der Waals surface area contributed by atoms with Crippen LogP contribution in [0.15, 0.2) is 49.1 Å². The number of ether oxygens (including phenoxy) is 1.